The fourth-order valence-corrected chi connectivity index (χ4v) is 1.53. The van der Waals surface area contributed by atoms with Crippen molar-refractivity contribution in [1.29, 1.82) is 0 Å². The molecule has 5 heteroatoms. The van der Waals surface area contributed by atoms with Gasteiger partial charge in [-0.25, -0.2) is 0 Å². The van der Waals surface area contributed by atoms with Gasteiger partial charge in [0.25, 0.3) is 0 Å². The van der Waals surface area contributed by atoms with Crippen LogP contribution in [0.4, 0.5) is 0 Å². The molecule has 0 aromatic rings. The molecule has 0 aromatic carbocycles. The average Bonchev–Trinajstić information content (AvgIpc) is 2.20. The number of nitrogens with one attached hydrogen (secondary N) is 2. The Kier molecular flexibility index (Phi) is 8.61. The zero-order chi connectivity index (χ0) is 11.7. The van der Waals surface area contributed by atoms with Gasteiger partial charge in [-0.3, -0.25) is 9.00 Å². The highest BCUT2D eigenvalue weighted by Gasteiger charge is 2.02. The van der Waals surface area contributed by atoms with Gasteiger partial charge in [-0.15, -0.1) is 0 Å². The predicted molar refractivity (Wildman–Crippen MR) is 64.3 cm³/mol. The van der Waals surface area contributed by atoms with Crippen molar-refractivity contribution in [2.75, 3.05) is 25.1 Å². The van der Waals surface area contributed by atoms with Crippen molar-refractivity contribution in [2.45, 2.75) is 32.7 Å². The maximum absolute atomic E-state index is 11.3. The molecule has 0 fully saturated rings. The fraction of sp³-hybridized carbons (Fsp3) is 0.900. The van der Waals surface area contributed by atoms with Crippen molar-refractivity contribution in [3.8, 4) is 0 Å². The van der Waals surface area contributed by atoms with E-state index in [0.717, 1.165) is 12.8 Å². The monoisotopic (exact) mass is 234 g/mol. The van der Waals surface area contributed by atoms with Crippen LogP contribution in [0, 0.1) is 0 Å². The van der Waals surface area contributed by atoms with E-state index in [9.17, 15) is 9.00 Å². The second kappa shape index (κ2) is 8.85. The van der Waals surface area contributed by atoms with Crippen molar-refractivity contribution in [2.24, 2.45) is 0 Å². The highest BCUT2D eigenvalue weighted by molar-refractivity contribution is 7.84. The standard InChI is InChI=1S/C10H22N2O2S/c1-4-9(2)12-8-10(13)11-6-5-7-15(3)14/h9,12H,4-8H2,1-3H3,(H,11,13). The van der Waals surface area contributed by atoms with E-state index in [1.54, 1.807) is 6.26 Å². The molecule has 0 aliphatic heterocycles. The Morgan fingerprint density at radius 3 is 2.67 bits per heavy atom. The molecule has 2 atom stereocenters. The van der Waals surface area contributed by atoms with Gasteiger partial charge in [0.2, 0.25) is 5.91 Å². The summed E-state index contributed by atoms with van der Waals surface area (Å²) in [5.41, 5.74) is 0. The number of rotatable bonds is 8. The van der Waals surface area contributed by atoms with Crippen LogP contribution in [0.5, 0.6) is 0 Å². The van der Waals surface area contributed by atoms with E-state index in [-0.39, 0.29) is 5.91 Å². The Balaban J connectivity index is 3.37. The molecular formula is C10H22N2O2S. The van der Waals surface area contributed by atoms with Gasteiger partial charge >= 0.3 is 0 Å². The molecule has 0 saturated carbocycles. The van der Waals surface area contributed by atoms with Crippen LogP contribution in [0.1, 0.15) is 26.7 Å². The highest BCUT2D eigenvalue weighted by atomic mass is 32.2. The van der Waals surface area contributed by atoms with Gasteiger partial charge < -0.3 is 10.6 Å². The van der Waals surface area contributed by atoms with E-state index >= 15 is 0 Å². The molecule has 0 radical (unpaired) electrons. The third-order valence-electron chi connectivity index (χ3n) is 2.15. The summed E-state index contributed by atoms with van der Waals surface area (Å²) in [4.78, 5) is 11.3. The molecule has 2 unspecified atom stereocenters. The number of amides is 1. The molecule has 0 heterocycles. The summed E-state index contributed by atoms with van der Waals surface area (Å²) < 4.78 is 10.7. The van der Waals surface area contributed by atoms with E-state index in [1.165, 1.54) is 0 Å². The minimum absolute atomic E-state index is 0.0113. The second-order valence-corrected chi connectivity index (χ2v) is 5.23. The van der Waals surface area contributed by atoms with Crippen LogP contribution in [0.2, 0.25) is 0 Å². The lowest BCUT2D eigenvalue weighted by atomic mass is 10.2. The Bertz CT molecular complexity index is 210. The third kappa shape index (κ3) is 9.87. The topological polar surface area (TPSA) is 58.2 Å². The summed E-state index contributed by atoms with van der Waals surface area (Å²) in [6.07, 6.45) is 3.46. The minimum atomic E-state index is -0.760. The van der Waals surface area contributed by atoms with Gasteiger partial charge in [0.05, 0.1) is 6.54 Å². The van der Waals surface area contributed by atoms with E-state index in [2.05, 4.69) is 17.6 Å². The minimum Gasteiger partial charge on any atom is -0.355 e. The maximum atomic E-state index is 11.3. The SMILES string of the molecule is CCC(C)NCC(=O)NCCCS(C)=O. The quantitative estimate of drug-likeness (QED) is 0.592. The van der Waals surface area contributed by atoms with E-state index in [0.29, 0.717) is 24.9 Å². The molecule has 15 heavy (non-hydrogen) atoms. The summed E-state index contributed by atoms with van der Waals surface area (Å²) in [5.74, 6) is 0.663. The van der Waals surface area contributed by atoms with Crippen molar-refractivity contribution in [1.82, 2.24) is 10.6 Å². The lowest BCUT2D eigenvalue weighted by Gasteiger charge is -2.10. The second-order valence-electron chi connectivity index (χ2n) is 3.67. The normalized spacial score (nSPS) is 14.6. The molecule has 0 rings (SSSR count). The summed E-state index contributed by atoms with van der Waals surface area (Å²) in [6, 6.07) is 0.374. The molecule has 0 aromatic heterocycles. The summed E-state index contributed by atoms with van der Waals surface area (Å²) >= 11 is 0. The van der Waals surface area contributed by atoms with Gasteiger partial charge in [-0.2, -0.15) is 0 Å². The summed E-state index contributed by atoms with van der Waals surface area (Å²) in [5, 5.41) is 5.89. The lowest BCUT2D eigenvalue weighted by molar-refractivity contribution is -0.120. The maximum Gasteiger partial charge on any atom is 0.233 e. The largest absolute Gasteiger partial charge is 0.355 e. The number of carbonyl (C=O) groups excluding carboxylic acids is 1. The first-order valence-electron chi connectivity index (χ1n) is 5.36. The van der Waals surface area contributed by atoms with Crippen molar-refractivity contribution in [3.63, 3.8) is 0 Å². The van der Waals surface area contributed by atoms with Gasteiger partial charge in [0.1, 0.15) is 0 Å². The lowest BCUT2D eigenvalue weighted by Crippen LogP contribution is -2.38. The predicted octanol–water partition coefficient (Wildman–Crippen LogP) is 0.259. The zero-order valence-electron chi connectivity index (χ0n) is 9.84. The molecule has 4 nitrogen and oxygen atoms in total. The Morgan fingerprint density at radius 2 is 2.13 bits per heavy atom. The molecular weight excluding hydrogens is 212 g/mol. The average molecular weight is 234 g/mol. The van der Waals surface area contributed by atoms with Crippen LogP contribution in [0.25, 0.3) is 0 Å². The van der Waals surface area contributed by atoms with E-state index in [4.69, 9.17) is 0 Å². The van der Waals surface area contributed by atoms with Crippen LogP contribution in [0.3, 0.4) is 0 Å². The van der Waals surface area contributed by atoms with Crippen molar-refractivity contribution >= 4 is 16.7 Å². The molecule has 90 valence electrons. The van der Waals surface area contributed by atoms with Gasteiger partial charge in [-0.1, -0.05) is 6.92 Å². The van der Waals surface area contributed by atoms with Gasteiger partial charge in [-0.05, 0) is 19.8 Å². The van der Waals surface area contributed by atoms with E-state index < -0.39 is 10.8 Å². The van der Waals surface area contributed by atoms with Crippen LogP contribution >= 0.6 is 0 Å². The number of carbonyl (C=O) groups is 1. The molecule has 0 aliphatic rings. The summed E-state index contributed by atoms with van der Waals surface area (Å²) in [6.45, 7) is 5.10. The van der Waals surface area contributed by atoms with Gasteiger partial charge in [0, 0.05) is 35.4 Å². The van der Waals surface area contributed by atoms with Crippen molar-refractivity contribution in [3.05, 3.63) is 0 Å². The van der Waals surface area contributed by atoms with Crippen LogP contribution in [0.15, 0.2) is 0 Å². The van der Waals surface area contributed by atoms with Gasteiger partial charge in [0.15, 0.2) is 0 Å². The summed E-state index contributed by atoms with van der Waals surface area (Å²) in [7, 11) is -0.760. The molecule has 2 N–H and O–H groups in total. The first kappa shape index (κ1) is 14.6. The Labute approximate surface area is 94.7 Å². The fourth-order valence-electron chi connectivity index (χ4n) is 0.977. The van der Waals surface area contributed by atoms with Crippen LogP contribution < -0.4 is 10.6 Å². The molecule has 0 bridgehead atoms. The number of hydrogen-bond donors (Lipinski definition) is 2. The molecule has 0 saturated heterocycles. The first-order chi connectivity index (χ1) is 7.06. The smallest absolute Gasteiger partial charge is 0.233 e. The van der Waals surface area contributed by atoms with Crippen LogP contribution in [-0.2, 0) is 15.6 Å². The number of hydrogen-bond acceptors (Lipinski definition) is 3. The van der Waals surface area contributed by atoms with Crippen molar-refractivity contribution < 1.29 is 9.00 Å². The first-order valence-corrected chi connectivity index (χ1v) is 7.09. The molecule has 1 amide bonds. The molecule has 0 aliphatic carbocycles. The zero-order valence-corrected chi connectivity index (χ0v) is 10.7. The molecule has 0 spiro atoms. The third-order valence-corrected chi connectivity index (χ3v) is 3.02. The Hall–Kier alpha value is -0.420. The van der Waals surface area contributed by atoms with E-state index in [1.807, 2.05) is 6.92 Å². The van der Waals surface area contributed by atoms with Crippen LogP contribution in [-0.4, -0.2) is 41.3 Å². The highest BCUT2D eigenvalue weighted by Crippen LogP contribution is 1.86. The Morgan fingerprint density at radius 1 is 1.47 bits per heavy atom.